The highest BCUT2D eigenvalue weighted by molar-refractivity contribution is 5.94. The number of nitrogens with zero attached hydrogens (tertiary/aromatic N) is 5. The summed E-state index contributed by atoms with van der Waals surface area (Å²) in [5, 5.41) is 7.87. The van der Waals surface area contributed by atoms with Crippen molar-refractivity contribution >= 4 is 17.4 Å². The average Bonchev–Trinajstić information content (AvgIpc) is 3.55. The maximum Gasteiger partial charge on any atom is 0.263 e. The lowest BCUT2D eigenvalue weighted by molar-refractivity contribution is 0.0937. The second-order valence-electron chi connectivity index (χ2n) is 10.1. The maximum atomic E-state index is 14.2. The van der Waals surface area contributed by atoms with Crippen LogP contribution in [0.2, 0.25) is 0 Å². The number of imidazole rings is 1. The van der Waals surface area contributed by atoms with E-state index in [0.29, 0.717) is 25.3 Å². The zero-order valence-corrected chi connectivity index (χ0v) is 24.2. The molecule has 1 fully saturated rings. The molecule has 0 radical (unpaired) electrons. The summed E-state index contributed by atoms with van der Waals surface area (Å²) in [6, 6.07) is 11.5. The number of anilines is 1. The normalized spacial score (nSPS) is 16.6. The summed E-state index contributed by atoms with van der Waals surface area (Å²) in [5.41, 5.74) is 4.13. The first kappa shape index (κ1) is 29.0. The maximum absolute atomic E-state index is 14.2. The summed E-state index contributed by atoms with van der Waals surface area (Å²) in [6.07, 6.45) is 4.14. The van der Waals surface area contributed by atoms with E-state index in [0.717, 1.165) is 41.0 Å². The molecule has 3 aromatic heterocycles. The quantitative estimate of drug-likeness (QED) is 0.317. The van der Waals surface area contributed by atoms with Crippen molar-refractivity contribution in [1.82, 2.24) is 24.5 Å². The molecule has 4 heterocycles. The Kier molecular flexibility index (Phi) is 9.02. The third kappa shape index (κ3) is 5.78. The van der Waals surface area contributed by atoms with Crippen molar-refractivity contribution in [2.75, 3.05) is 11.4 Å². The predicted molar refractivity (Wildman–Crippen MR) is 159 cm³/mol. The van der Waals surface area contributed by atoms with E-state index in [1.54, 1.807) is 27.4 Å². The molecule has 0 spiro atoms. The largest absolute Gasteiger partial charge is 0.347 e. The SMILES string of the molecule is CC.CCCCn1c(C)c(C)cc(C(=O)NC2C[C@H](c3cccc(F)c3)N(c3ccc4ncc(C)n4n3)C2)c1=O.[HH]. The molecule has 8 nitrogen and oxygen atoms in total. The third-order valence-electron chi connectivity index (χ3n) is 7.47. The molecule has 1 saturated heterocycles. The van der Waals surface area contributed by atoms with Crippen LogP contribution in [0.1, 0.15) is 80.4 Å². The van der Waals surface area contributed by atoms with Crippen molar-refractivity contribution in [3.05, 3.63) is 92.9 Å². The molecule has 1 N–H and O–H groups in total. The fourth-order valence-corrected chi connectivity index (χ4v) is 5.26. The number of unbranched alkanes of at least 4 members (excludes halogenated alkanes) is 1. The summed E-state index contributed by atoms with van der Waals surface area (Å²) in [4.78, 5) is 33.1. The molecule has 0 saturated carbocycles. The second kappa shape index (κ2) is 12.4. The lowest BCUT2D eigenvalue weighted by Crippen LogP contribution is -2.41. The molecule has 1 aromatic carbocycles. The van der Waals surface area contributed by atoms with Gasteiger partial charge in [-0.25, -0.2) is 13.9 Å². The standard InChI is InChI=1S/C29H33FN6O2.C2H6.H2/c1-5-6-12-34-20(4)18(2)13-24(29(34)38)28(37)32-23-15-25(21-8-7-9-22(30)14-21)35(17-23)27-11-10-26-31-16-19(3)36(26)33-27;1-2;/h7-11,13-14,16,23,25H,5-6,12,15,17H2,1-4H3,(H,32,37);1-2H3;1H/t23?,25-;;/m1../s1. The van der Waals surface area contributed by atoms with E-state index >= 15 is 0 Å². The fraction of sp³-hybridized carbons (Fsp3) is 0.419. The van der Waals surface area contributed by atoms with Crippen LogP contribution >= 0.6 is 0 Å². The molecule has 4 aromatic rings. The van der Waals surface area contributed by atoms with Gasteiger partial charge in [0.2, 0.25) is 0 Å². The monoisotopic (exact) mass is 548 g/mol. The van der Waals surface area contributed by atoms with Crippen LogP contribution in [-0.4, -0.2) is 37.7 Å². The smallest absolute Gasteiger partial charge is 0.263 e. The van der Waals surface area contributed by atoms with Crippen LogP contribution in [-0.2, 0) is 6.54 Å². The van der Waals surface area contributed by atoms with Crippen LogP contribution < -0.4 is 15.8 Å². The fourth-order valence-electron chi connectivity index (χ4n) is 5.26. The van der Waals surface area contributed by atoms with Gasteiger partial charge >= 0.3 is 0 Å². The Labute approximate surface area is 236 Å². The lowest BCUT2D eigenvalue weighted by atomic mass is 10.0. The minimum Gasteiger partial charge on any atom is -0.347 e. The summed E-state index contributed by atoms with van der Waals surface area (Å²) in [5.74, 6) is 0.00586. The number of fused-ring (bicyclic) bond motifs is 1. The molecule has 0 bridgehead atoms. The number of aryl methyl sites for hydroxylation is 2. The predicted octanol–water partition coefficient (Wildman–Crippen LogP) is 5.78. The molecule has 2 atom stereocenters. The van der Waals surface area contributed by atoms with Gasteiger partial charge in [0.1, 0.15) is 17.2 Å². The first-order valence-electron chi connectivity index (χ1n) is 14.1. The Morgan fingerprint density at radius 3 is 2.65 bits per heavy atom. The van der Waals surface area contributed by atoms with Gasteiger partial charge < -0.3 is 14.8 Å². The van der Waals surface area contributed by atoms with Crippen LogP contribution in [0.4, 0.5) is 10.2 Å². The Bertz CT molecular complexity index is 1570. The number of carbonyl (C=O) groups is 1. The van der Waals surface area contributed by atoms with E-state index in [1.807, 2.05) is 52.8 Å². The van der Waals surface area contributed by atoms with Crippen molar-refractivity contribution in [2.45, 2.75) is 79.4 Å². The minimum absolute atomic E-state index is 0. The average molecular weight is 549 g/mol. The molecule has 5 rings (SSSR count). The van der Waals surface area contributed by atoms with Crippen molar-refractivity contribution in [2.24, 2.45) is 0 Å². The van der Waals surface area contributed by atoms with Gasteiger partial charge in [-0.15, -0.1) is 5.10 Å². The molecule has 9 heteroatoms. The van der Waals surface area contributed by atoms with Crippen molar-refractivity contribution in [3.63, 3.8) is 0 Å². The summed E-state index contributed by atoms with van der Waals surface area (Å²) < 4.78 is 17.7. The molecule has 0 aliphatic carbocycles. The highest BCUT2D eigenvalue weighted by atomic mass is 19.1. The Hall–Kier alpha value is -4.01. The Balaban J connectivity index is 0.00000151. The second-order valence-corrected chi connectivity index (χ2v) is 10.1. The van der Waals surface area contributed by atoms with Gasteiger partial charge in [-0.3, -0.25) is 9.59 Å². The number of hydrogen-bond acceptors (Lipinski definition) is 5. The number of hydrogen-bond donors (Lipinski definition) is 1. The third-order valence-corrected chi connectivity index (χ3v) is 7.47. The molecule has 1 aliphatic rings. The van der Waals surface area contributed by atoms with Crippen LogP contribution in [0.15, 0.2) is 53.5 Å². The van der Waals surface area contributed by atoms with Gasteiger partial charge in [0.15, 0.2) is 5.65 Å². The van der Waals surface area contributed by atoms with E-state index in [1.165, 1.54) is 12.1 Å². The number of amides is 1. The van der Waals surface area contributed by atoms with Crippen LogP contribution in [0.25, 0.3) is 5.65 Å². The van der Waals surface area contributed by atoms with E-state index in [2.05, 4.69) is 22.1 Å². The van der Waals surface area contributed by atoms with E-state index in [4.69, 9.17) is 5.10 Å². The molecular weight excluding hydrogens is 507 g/mol. The summed E-state index contributed by atoms with van der Waals surface area (Å²) in [7, 11) is 0. The zero-order valence-electron chi connectivity index (χ0n) is 24.2. The van der Waals surface area contributed by atoms with Gasteiger partial charge in [-0.05, 0) is 75.1 Å². The first-order valence-corrected chi connectivity index (χ1v) is 14.1. The molecule has 1 amide bonds. The number of nitrogens with one attached hydrogen (secondary N) is 1. The topological polar surface area (TPSA) is 84.5 Å². The number of benzene rings is 1. The summed E-state index contributed by atoms with van der Waals surface area (Å²) >= 11 is 0. The molecule has 1 unspecified atom stereocenters. The van der Waals surface area contributed by atoms with Gasteiger partial charge in [0.25, 0.3) is 11.5 Å². The zero-order chi connectivity index (χ0) is 29.0. The highest BCUT2D eigenvalue weighted by Gasteiger charge is 2.36. The highest BCUT2D eigenvalue weighted by Crippen LogP contribution is 2.36. The molecule has 40 heavy (non-hydrogen) atoms. The van der Waals surface area contributed by atoms with Crippen LogP contribution in [0, 0.1) is 26.6 Å². The minimum atomic E-state index is -0.387. The van der Waals surface area contributed by atoms with Crippen LogP contribution in [0.5, 0.6) is 0 Å². The van der Waals surface area contributed by atoms with Gasteiger partial charge in [-0.1, -0.05) is 39.3 Å². The van der Waals surface area contributed by atoms with Crippen LogP contribution in [0.3, 0.4) is 0 Å². The van der Waals surface area contributed by atoms with Crippen molar-refractivity contribution in [1.29, 1.82) is 0 Å². The first-order chi connectivity index (χ1) is 19.3. The Morgan fingerprint density at radius 1 is 1.15 bits per heavy atom. The molecule has 1 aliphatic heterocycles. The van der Waals surface area contributed by atoms with E-state index in [9.17, 15) is 14.0 Å². The van der Waals surface area contributed by atoms with E-state index in [-0.39, 0.29) is 36.4 Å². The Morgan fingerprint density at radius 2 is 1.93 bits per heavy atom. The van der Waals surface area contributed by atoms with Gasteiger partial charge in [0.05, 0.1) is 17.9 Å². The van der Waals surface area contributed by atoms with Crippen molar-refractivity contribution in [3.8, 4) is 0 Å². The number of rotatable bonds is 7. The number of carbonyl (C=O) groups excluding carboxylic acids is 1. The molecule has 214 valence electrons. The van der Waals surface area contributed by atoms with Crippen molar-refractivity contribution < 1.29 is 10.6 Å². The lowest BCUT2D eigenvalue weighted by Gasteiger charge is -2.26. The molecular formula is C31H41FN6O2. The number of aromatic nitrogens is 4. The number of pyridine rings is 1. The van der Waals surface area contributed by atoms with Gasteiger partial charge in [0, 0.05) is 26.3 Å². The number of halogens is 1. The van der Waals surface area contributed by atoms with Gasteiger partial charge in [-0.2, -0.15) is 0 Å². The summed E-state index contributed by atoms with van der Waals surface area (Å²) in [6.45, 7) is 12.9. The van der Waals surface area contributed by atoms with E-state index < -0.39 is 0 Å².